The van der Waals surface area contributed by atoms with Crippen LogP contribution in [-0.4, -0.2) is 91.5 Å². The number of nitrogens with zero attached hydrogens (tertiary/aromatic N) is 3. The quantitative estimate of drug-likeness (QED) is 0.270. The van der Waals surface area contributed by atoms with Crippen LogP contribution in [0.5, 0.6) is 5.75 Å². The molecular weight excluding hydrogens is 664 g/mol. The summed E-state index contributed by atoms with van der Waals surface area (Å²) >= 11 is 0. The number of ether oxygens (including phenoxy) is 4. The predicted molar refractivity (Wildman–Crippen MR) is 198 cm³/mol. The molecule has 284 valence electrons. The Labute approximate surface area is 308 Å². The van der Waals surface area contributed by atoms with Gasteiger partial charge < -0.3 is 39.0 Å². The number of carbonyl (C=O) groups is 4. The monoisotopic (exact) mass is 720 g/mol. The van der Waals surface area contributed by atoms with E-state index in [1.54, 1.807) is 57.6 Å². The lowest BCUT2D eigenvalue weighted by Crippen LogP contribution is -2.55. The molecule has 2 aromatic rings. The number of piperidine rings is 1. The first-order valence-electron chi connectivity index (χ1n) is 18.4. The predicted octanol–water partition coefficient (Wildman–Crippen LogP) is 5.88. The van der Waals surface area contributed by atoms with Crippen molar-refractivity contribution in [3.05, 3.63) is 54.1 Å². The number of hydrogen-bond acceptors (Lipinski definition) is 8. The Balaban J connectivity index is 1.46. The first-order valence-corrected chi connectivity index (χ1v) is 18.4. The van der Waals surface area contributed by atoms with Crippen LogP contribution < -0.4 is 19.9 Å². The minimum absolute atomic E-state index is 0.0479. The molecule has 1 aliphatic carbocycles. The maximum absolute atomic E-state index is 14.7. The molecule has 5 rings (SSSR count). The second-order valence-electron chi connectivity index (χ2n) is 16.0. The van der Waals surface area contributed by atoms with Crippen LogP contribution in [0.15, 0.2) is 48.5 Å². The minimum atomic E-state index is -1.06. The molecule has 12 nitrogen and oxygen atoms in total. The molecule has 0 unspecified atom stereocenters. The third-order valence-corrected chi connectivity index (χ3v) is 9.91. The first-order chi connectivity index (χ1) is 24.5. The standard InChI is InChI=1S/C40H56N4O8/c1-10-50-21-20-43-31-23-30(18-19-32(31)51-40(7,8)36(43)47)44(29-16-17-29)35(46)28-22-27(24-42(25-28)37(48)52-38(2,3)4)34(45)41-33(39(5,6)49-9)26-14-12-11-13-15-26/h11-15,18-19,23,27-29,33H,10,16-17,20-22,24-25H2,1-9H3,(H,41,45)/t27-,28+,33-/m0/s1. The number of benzene rings is 2. The van der Waals surface area contributed by atoms with Crippen LogP contribution in [0.25, 0.3) is 0 Å². The van der Waals surface area contributed by atoms with Crippen molar-refractivity contribution in [2.45, 2.75) is 104 Å². The van der Waals surface area contributed by atoms with Crippen LogP contribution in [0.4, 0.5) is 16.2 Å². The van der Waals surface area contributed by atoms with Crippen molar-refractivity contribution in [2.75, 3.05) is 49.8 Å². The van der Waals surface area contributed by atoms with Crippen molar-refractivity contribution >= 4 is 35.2 Å². The van der Waals surface area contributed by atoms with Crippen LogP contribution in [0.1, 0.15) is 86.3 Å². The maximum Gasteiger partial charge on any atom is 0.410 e. The number of likely N-dealkylation sites (tertiary alicyclic amines) is 1. The fraction of sp³-hybridized carbons (Fsp3) is 0.600. The summed E-state index contributed by atoms with van der Waals surface area (Å²) in [5.74, 6) is -1.49. The Kier molecular flexibility index (Phi) is 11.6. The normalized spacial score (nSPS) is 20.8. The highest BCUT2D eigenvalue weighted by Crippen LogP contribution is 2.43. The van der Waals surface area contributed by atoms with Crippen LogP contribution >= 0.6 is 0 Å². The van der Waals surface area contributed by atoms with E-state index in [1.807, 2.05) is 63.2 Å². The Morgan fingerprint density at radius 2 is 1.69 bits per heavy atom. The molecule has 2 aliphatic heterocycles. The van der Waals surface area contributed by atoms with Crippen molar-refractivity contribution in [2.24, 2.45) is 11.8 Å². The molecule has 0 radical (unpaired) electrons. The summed E-state index contributed by atoms with van der Waals surface area (Å²) < 4.78 is 23.3. The highest BCUT2D eigenvalue weighted by Gasteiger charge is 2.46. The number of rotatable bonds is 12. The third kappa shape index (κ3) is 8.89. The lowest BCUT2D eigenvalue weighted by Gasteiger charge is -2.41. The minimum Gasteiger partial charge on any atom is -0.476 e. The van der Waals surface area contributed by atoms with Crippen molar-refractivity contribution in [3.8, 4) is 5.75 Å². The van der Waals surface area contributed by atoms with Gasteiger partial charge >= 0.3 is 6.09 Å². The molecule has 0 bridgehead atoms. The zero-order chi connectivity index (χ0) is 38.0. The zero-order valence-electron chi connectivity index (χ0n) is 32.2. The Bertz CT molecular complexity index is 1620. The number of fused-ring (bicyclic) bond motifs is 1. The van der Waals surface area contributed by atoms with E-state index >= 15 is 0 Å². The van der Waals surface area contributed by atoms with E-state index in [9.17, 15) is 19.2 Å². The lowest BCUT2D eigenvalue weighted by molar-refractivity contribution is -0.133. The van der Waals surface area contributed by atoms with Crippen LogP contribution in [0.2, 0.25) is 0 Å². The van der Waals surface area contributed by atoms with E-state index in [0.29, 0.717) is 36.9 Å². The second-order valence-corrected chi connectivity index (χ2v) is 16.0. The van der Waals surface area contributed by atoms with E-state index in [-0.39, 0.29) is 43.3 Å². The molecule has 1 saturated heterocycles. The number of methoxy groups -OCH3 is 1. The van der Waals surface area contributed by atoms with Crippen molar-refractivity contribution in [1.29, 1.82) is 0 Å². The summed E-state index contributed by atoms with van der Waals surface area (Å²) in [5.41, 5.74) is -0.499. The molecule has 3 aliphatic rings. The first kappa shape index (κ1) is 39.1. The van der Waals surface area contributed by atoms with Gasteiger partial charge in [0.05, 0.1) is 35.8 Å². The van der Waals surface area contributed by atoms with Crippen LogP contribution in [0, 0.1) is 11.8 Å². The largest absolute Gasteiger partial charge is 0.476 e. The summed E-state index contributed by atoms with van der Waals surface area (Å²) in [6, 6.07) is 14.6. The van der Waals surface area contributed by atoms with Gasteiger partial charge in [0.1, 0.15) is 11.4 Å². The molecule has 1 N–H and O–H groups in total. The van der Waals surface area contributed by atoms with Gasteiger partial charge in [-0.2, -0.15) is 0 Å². The summed E-state index contributed by atoms with van der Waals surface area (Å²) in [4.78, 5) is 61.0. The molecule has 52 heavy (non-hydrogen) atoms. The van der Waals surface area contributed by atoms with Crippen LogP contribution in [0.3, 0.4) is 0 Å². The average Bonchev–Trinajstić information content (AvgIpc) is 3.93. The molecule has 12 heteroatoms. The zero-order valence-corrected chi connectivity index (χ0v) is 32.2. The lowest BCUT2D eigenvalue weighted by atomic mass is 9.86. The average molecular weight is 721 g/mol. The highest BCUT2D eigenvalue weighted by molar-refractivity contribution is 6.04. The molecule has 0 aromatic heterocycles. The topological polar surface area (TPSA) is 127 Å². The number of amides is 4. The number of anilines is 2. The van der Waals surface area contributed by atoms with Crippen molar-refractivity contribution < 1.29 is 38.1 Å². The van der Waals surface area contributed by atoms with Gasteiger partial charge in [0.15, 0.2) is 5.60 Å². The number of carbonyl (C=O) groups excluding carboxylic acids is 4. The van der Waals surface area contributed by atoms with Crippen LogP contribution in [-0.2, 0) is 28.6 Å². The smallest absolute Gasteiger partial charge is 0.410 e. The summed E-state index contributed by atoms with van der Waals surface area (Å²) in [6.07, 6.45) is 1.30. The SMILES string of the molecule is CCOCCN1C(=O)C(C)(C)Oc2ccc(N(C(=O)[C@@H]3C[C@H](C(=O)N[C@@H](c4ccccc4)C(C)(C)OC)CN(C(=O)OC(C)(C)C)C3)C3CC3)cc21. The van der Waals surface area contributed by atoms with Crippen molar-refractivity contribution in [3.63, 3.8) is 0 Å². The van der Waals surface area contributed by atoms with Gasteiger partial charge in [-0.1, -0.05) is 30.3 Å². The van der Waals surface area contributed by atoms with E-state index in [4.69, 9.17) is 18.9 Å². The van der Waals surface area contributed by atoms with Gasteiger partial charge in [-0.3, -0.25) is 14.4 Å². The van der Waals surface area contributed by atoms with Gasteiger partial charge in [-0.25, -0.2) is 4.79 Å². The molecule has 2 fully saturated rings. The molecular formula is C40H56N4O8. The highest BCUT2D eigenvalue weighted by atomic mass is 16.6. The molecule has 1 saturated carbocycles. The molecule has 2 aromatic carbocycles. The fourth-order valence-corrected chi connectivity index (χ4v) is 6.90. The van der Waals surface area contributed by atoms with Gasteiger partial charge in [0.2, 0.25) is 11.8 Å². The summed E-state index contributed by atoms with van der Waals surface area (Å²) in [5, 5.41) is 3.20. The Hall–Kier alpha value is -4.16. The van der Waals surface area contributed by atoms with Crippen molar-refractivity contribution in [1.82, 2.24) is 10.2 Å². The maximum atomic E-state index is 14.7. The second kappa shape index (κ2) is 15.4. The van der Waals surface area contributed by atoms with E-state index in [2.05, 4.69) is 5.32 Å². The van der Waals surface area contributed by atoms with Gasteiger partial charge in [0, 0.05) is 45.1 Å². The molecule has 4 amide bonds. The van der Waals surface area contributed by atoms with E-state index < -0.39 is 40.8 Å². The third-order valence-electron chi connectivity index (χ3n) is 9.91. The summed E-state index contributed by atoms with van der Waals surface area (Å²) in [6.45, 7) is 16.0. The molecule has 3 atom stereocenters. The van der Waals surface area contributed by atoms with E-state index in [1.165, 1.54) is 4.90 Å². The van der Waals surface area contributed by atoms with Gasteiger partial charge in [-0.05, 0) is 98.4 Å². The molecule has 2 heterocycles. The number of hydrogen-bond donors (Lipinski definition) is 1. The molecule has 0 spiro atoms. The Morgan fingerprint density at radius 1 is 1.02 bits per heavy atom. The fourth-order valence-electron chi connectivity index (χ4n) is 6.90. The summed E-state index contributed by atoms with van der Waals surface area (Å²) in [7, 11) is 1.61. The number of nitrogens with one attached hydrogen (secondary N) is 1. The van der Waals surface area contributed by atoms with Gasteiger partial charge in [-0.15, -0.1) is 0 Å². The Morgan fingerprint density at radius 3 is 2.31 bits per heavy atom. The van der Waals surface area contributed by atoms with E-state index in [0.717, 1.165) is 18.4 Å². The van der Waals surface area contributed by atoms with Gasteiger partial charge in [0.25, 0.3) is 5.91 Å².